The molecule has 9 heteroatoms. The predicted octanol–water partition coefficient (Wildman–Crippen LogP) is 2.60. The molecule has 0 unspecified atom stereocenters. The molecule has 3 aromatic rings. The predicted molar refractivity (Wildman–Crippen MR) is 88.1 cm³/mol. The van der Waals surface area contributed by atoms with Crippen molar-refractivity contribution in [1.82, 2.24) is 14.6 Å². The molecule has 6 nitrogen and oxygen atoms in total. The molecular weight excluding hydrogens is 358 g/mol. The van der Waals surface area contributed by atoms with Crippen LogP contribution in [-0.2, 0) is 15.7 Å². The van der Waals surface area contributed by atoms with Crippen molar-refractivity contribution in [1.29, 1.82) is 0 Å². The molecule has 2 aromatic heterocycles. The van der Waals surface area contributed by atoms with Crippen molar-refractivity contribution in [3.63, 3.8) is 0 Å². The van der Waals surface area contributed by atoms with E-state index in [1.54, 1.807) is 25.1 Å². The Morgan fingerprint density at radius 1 is 1.30 bits per heavy atom. The van der Waals surface area contributed by atoms with Gasteiger partial charge in [-0.15, -0.1) is 24.2 Å². The zero-order valence-corrected chi connectivity index (χ0v) is 14.4. The topological polar surface area (TPSA) is 84.6 Å². The van der Waals surface area contributed by atoms with Crippen LogP contribution in [0.25, 0.3) is 5.65 Å². The molecule has 1 aromatic carbocycles. The van der Waals surface area contributed by atoms with E-state index in [9.17, 15) is 13.5 Å². The van der Waals surface area contributed by atoms with Gasteiger partial charge in [0.1, 0.15) is 4.90 Å². The number of thiol groups is 1. The van der Waals surface area contributed by atoms with Gasteiger partial charge in [-0.1, -0.05) is 18.2 Å². The fourth-order valence-electron chi connectivity index (χ4n) is 2.28. The lowest BCUT2D eigenvalue weighted by Crippen LogP contribution is -2.05. The maximum absolute atomic E-state index is 12.9. The second-order valence-corrected chi connectivity index (χ2v) is 7.43. The minimum atomic E-state index is -3.83. The smallest absolute Gasteiger partial charge is 0.229 e. The lowest BCUT2D eigenvalue weighted by atomic mass is 10.4. The number of sulfone groups is 1. The highest BCUT2D eigenvalue weighted by molar-refractivity contribution is 7.91. The third-order valence-corrected chi connectivity index (χ3v) is 5.98. The summed E-state index contributed by atoms with van der Waals surface area (Å²) in [5, 5.41) is 14.2. The SMILES string of the molecule is Cc1nn2c(O)c(S)c(CCl)nc2c1S(=O)(=O)c1ccccc1. The van der Waals surface area contributed by atoms with E-state index >= 15 is 0 Å². The first-order valence-electron chi connectivity index (χ1n) is 6.54. The van der Waals surface area contributed by atoms with Crippen molar-refractivity contribution < 1.29 is 13.5 Å². The van der Waals surface area contributed by atoms with E-state index in [0.29, 0.717) is 0 Å². The number of fused-ring (bicyclic) bond motifs is 1. The molecule has 0 fully saturated rings. The van der Waals surface area contributed by atoms with Crippen LogP contribution in [0.15, 0.2) is 45.0 Å². The Kier molecular flexibility index (Phi) is 3.99. The fraction of sp³-hybridized carbons (Fsp3) is 0.143. The number of aryl methyl sites for hydroxylation is 1. The van der Waals surface area contributed by atoms with Gasteiger partial charge in [0.05, 0.1) is 27.1 Å². The van der Waals surface area contributed by atoms with Crippen LogP contribution in [0, 0.1) is 6.92 Å². The first-order valence-corrected chi connectivity index (χ1v) is 9.00. The summed E-state index contributed by atoms with van der Waals surface area (Å²) in [7, 11) is -3.83. The van der Waals surface area contributed by atoms with Gasteiger partial charge in [0.2, 0.25) is 15.7 Å². The lowest BCUT2D eigenvalue weighted by Gasteiger charge is -2.07. The maximum Gasteiger partial charge on any atom is 0.229 e. The summed E-state index contributed by atoms with van der Waals surface area (Å²) in [6.07, 6.45) is 0. The number of rotatable bonds is 3. The van der Waals surface area contributed by atoms with Crippen molar-refractivity contribution in [2.75, 3.05) is 0 Å². The van der Waals surface area contributed by atoms with E-state index in [-0.39, 0.29) is 43.5 Å². The molecule has 0 spiro atoms. The second kappa shape index (κ2) is 5.70. The van der Waals surface area contributed by atoms with Gasteiger partial charge >= 0.3 is 0 Å². The fourth-order valence-corrected chi connectivity index (χ4v) is 4.35. The molecule has 0 aliphatic carbocycles. The number of nitrogens with zero attached hydrogens (tertiary/aromatic N) is 3. The molecule has 0 bridgehead atoms. The van der Waals surface area contributed by atoms with Gasteiger partial charge in [-0.3, -0.25) is 0 Å². The summed E-state index contributed by atoms with van der Waals surface area (Å²) in [6.45, 7) is 1.54. The lowest BCUT2D eigenvalue weighted by molar-refractivity contribution is 0.419. The molecule has 0 amide bonds. The Morgan fingerprint density at radius 2 is 1.96 bits per heavy atom. The number of halogens is 1. The molecule has 0 saturated carbocycles. The van der Waals surface area contributed by atoms with E-state index in [2.05, 4.69) is 22.7 Å². The number of aromatic hydroxyl groups is 1. The highest BCUT2D eigenvalue weighted by Gasteiger charge is 2.28. The van der Waals surface area contributed by atoms with Gasteiger partial charge in [-0.25, -0.2) is 13.4 Å². The van der Waals surface area contributed by atoms with Crippen LogP contribution < -0.4 is 0 Å². The number of alkyl halides is 1. The van der Waals surface area contributed by atoms with Crippen molar-refractivity contribution in [3.05, 3.63) is 41.7 Å². The Balaban J connectivity index is 2.39. The molecule has 0 atom stereocenters. The normalized spacial score (nSPS) is 12.0. The average Bonchev–Trinajstić information content (AvgIpc) is 2.88. The standard InChI is InChI=1S/C14H12ClN3O3S2/c1-8-12(23(20,21)9-5-3-2-4-6-9)13-16-10(7-15)11(22)14(19)18(13)17-8/h2-6,19,22H,7H2,1H3. The van der Waals surface area contributed by atoms with E-state index < -0.39 is 9.84 Å². The van der Waals surface area contributed by atoms with Gasteiger partial charge in [-0.05, 0) is 19.1 Å². The molecule has 0 aliphatic heterocycles. The maximum atomic E-state index is 12.9. The Bertz CT molecular complexity index is 1000. The second-order valence-electron chi connectivity index (χ2n) is 4.83. The molecular formula is C14H12ClN3O3S2. The average molecular weight is 370 g/mol. The molecule has 120 valence electrons. The summed E-state index contributed by atoms with van der Waals surface area (Å²) in [4.78, 5) is 4.45. The zero-order chi connectivity index (χ0) is 16.8. The van der Waals surface area contributed by atoms with Crippen LogP contribution in [0.1, 0.15) is 11.4 Å². The monoisotopic (exact) mass is 369 g/mol. The van der Waals surface area contributed by atoms with Gasteiger partial charge in [0.25, 0.3) is 0 Å². The molecule has 0 aliphatic rings. The summed E-state index contributed by atoms with van der Waals surface area (Å²) >= 11 is 9.94. The number of benzene rings is 1. The van der Waals surface area contributed by atoms with Gasteiger partial charge < -0.3 is 5.11 Å². The molecule has 2 heterocycles. The molecule has 3 rings (SSSR count). The zero-order valence-electron chi connectivity index (χ0n) is 11.9. The van der Waals surface area contributed by atoms with E-state index in [1.165, 1.54) is 12.1 Å². The van der Waals surface area contributed by atoms with Crippen LogP contribution in [0.5, 0.6) is 5.88 Å². The van der Waals surface area contributed by atoms with Gasteiger partial charge in [-0.2, -0.15) is 9.61 Å². The molecule has 0 radical (unpaired) electrons. The quantitative estimate of drug-likeness (QED) is 0.547. The van der Waals surface area contributed by atoms with Crippen molar-refractivity contribution in [2.24, 2.45) is 0 Å². The van der Waals surface area contributed by atoms with Gasteiger partial charge in [0.15, 0.2) is 5.65 Å². The van der Waals surface area contributed by atoms with Crippen LogP contribution in [0.4, 0.5) is 0 Å². The van der Waals surface area contributed by atoms with Gasteiger partial charge in [0, 0.05) is 0 Å². The molecule has 0 saturated heterocycles. The Labute approximate surface area is 143 Å². The third kappa shape index (κ3) is 2.46. The summed E-state index contributed by atoms with van der Waals surface area (Å²) < 4.78 is 26.9. The first kappa shape index (κ1) is 16.1. The summed E-state index contributed by atoms with van der Waals surface area (Å²) in [5.74, 6) is -0.315. The molecule has 1 N–H and O–H groups in total. The minimum Gasteiger partial charge on any atom is -0.492 e. The number of aromatic nitrogens is 3. The molecule has 23 heavy (non-hydrogen) atoms. The highest BCUT2D eigenvalue weighted by Crippen LogP contribution is 2.32. The van der Waals surface area contributed by atoms with Crippen molar-refractivity contribution >= 4 is 39.7 Å². The van der Waals surface area contributed by atoms with Crippen LogP contribution in [0.3, 0.4) is 0 Å². The summed E-state index contributed by atoms with van der Waals surface area (Å²) in [5.41, 5.74) is 0.540. The summed E-state index contributed by atoms with van der Waals surface area (Å²) in [6, 6.07) is 7.98. The Hall–Kier alpha value is -1.77. The highest BCUT2D eigenvalue weighted by atomic mass is 35.5. The van der Waals surface area contributed by atoms with Crippen molar-refractivity contribution in [2.45, 2.75) is 27.5 Å². The minimum absolute atomic E-state index is 0.0159. The third-order valence-electron chi connectivity index (χ3n) is 3.36. The van der Waals surface area contributed by atoms with Crippen molar-refractivity contribution in [3.8, 4) is 5.88 Å². The van der Waals surface area contributed by atoms with E-state index in [0.717, 1.165) is 4.52 Å². The number of hydrogen-bond acceptors (Lipinski definition) is 6. The van der Waals surface area contributed by atoms with E-state index in [1.807, 2.05) is 0 Å². The largest absolute Gasteiger partial charge is 0.492 e. The Morgan fingerprint density at radius 3 is 2.57 bits per heavy atom. The number of hydrogen-bond donors (Lipinski definition) is 2. The van der Waals surface area contributed by atoms with Crippen LogP contribution in [0.2, 0.25) is 0 Å². The van der Waals surface area contributed by atoms with Crippen LogP contribution >= 0.6 is 24.2 Å². The first-order chi connectivity index (χ1) is 10.9. The van der Waals surface area contributed by atoms with Crippen LogP contribution in [-0.4, -0.2) is 28.1 Å². The van der Waals surface area contributed by atoms with E-state index in [4.69, 9.17) is 11.6 Å².